The van der Waals surface area contributed by atoms with Crippen molar-refractivity contribution in [1.29, 1.82) is 0 Å². The quantitative estimate of drug-likeness (QED) is 0.788. The Bertz CT molecular complexity index is 422. The lowest BCUT2D eigenvalue weighted by Crippen LogP contribution is -2.45. The summed E-state index contributed by atoms with van der Waals surface area (Å²) in [6, 6.07) is -0.255. The van der Waals surface area contributed by atoms with Crippen LogP contribution in [0, 0.1) is 5.82 Å². The van der Waals surface area contributed by atoms with Gasteiger partial charge in [0.15, 0.2) is 0 Å². The van der Waals surface area contributed by atoms with Crippen LogP contribution >= 0.6 is 28.3 Å². The van der Waals surface area contributed by atoms with E-state index in [2.05, 4.69) is 15.9 Å². The molecule has 1 aromatic rings. The Morgan fingerprint density at radius 1 is 1.11 bits per heavy atom. The first-order chi connectivity index (χ1) is 7.57. The van der Waals surface area contributed by atoms with Crippen LogP contribution in [0.25, 0.3) is 0 Å². The van der Waals surface area contributed by atoms with Gasteiger partial charge in [-0.15, -0.1) is 12.4 Å². The first-order valence-corrected chi connectivity index (χ1v) is 5.01. The molecule has 0 aromatic heterocycles. The molecule has 0 unspecified atom stereocenters. The van der Waals surface area contributed by atoms with Crippen molar-refractivity contribution in [3.05, 3.63) is 34.1 Å². The summed E-state index contributed by atoms with van der Waals surface area (Å²) in [6.07, 6.45) is -5.76. The first kappa shape index (κ1) is 17.5. The molecule has 0 aliphatic heterocycles. The van der Waals surface area contributed by atoms with E-state index in [4.69, 9.17) is 5.73 Å². The van der Waals surface area contributed by atoms with Crippen molar-refractivity contribution in [2.24, 2.45) is 5.73 Å². The minimum atomic E-state index is -5.76. The molecule has 0 radical (unpaired) electrons. The van der Waals surface area contributed by atoms with E-state index in [1.807, 2.05) is 0 Å². The van der Waals surface area contributed by atoms with Gasteiger partial charge < -0.3 is 5.73 Å². The average molecular weight is 359 g/mol. The van der Waals surface area contributed by atoms with Gasteiger partial charge in [-0.2, -0.15) is 22.0 Å². The van der Waals surface area contributed by atoms with Crippen LogP contribution in [0.15, 0.2) is 22.7 Å². The minimum Gasteiger partial charge on any atom is -0.319 e. The second-order valence-corrected chi connectivity index (χ2v) is 4.13. The van der Waals surface area contributed by atoms with Gasteiger partial charge in [0.2, 0.25) is 0 Å². The second-order valence-electron chi connectivity index (χ2n) is 3.27. The summed E-state index contributed by atoms with van der Waals surface area (Å²) < 4.78 is 74.4. The molecular weight excluding hydrogens is 351 g/mol. The van der Waals surface area contributed by atoms with Crippen LogP contribution in [0.5, 0.6) is 0 Å². The van der Waals surface area contributed by atoms with E-state index in [0.29, 0.717) is 0 Å². The molecule has 0 aliphatic carbocycles. The lowest BCUT2D eigenvalue weighted by atomic mass is 10.0. The highest BCUT2D eigenvalue weighted by molar-refractivity contribution is 9.10. The zero-order chi connectivity index (χ0) is 13.4. The van der Waals surface area contributed by atoms with Gasteiger partial charge in [0, 0.05) is 0 Å². The molecule has 1 nitrogen and oxygen atoms in total. The third-order valence-electron chi connectivity index (χ3n) is 2.07. The largest absolute Gasteiger partial charge is 0.455 e. The van der Waals surface area contributed by atoms with Crippen LogP contribution in [0.1, 0.15) is 11.6 Å². The van der Waals surface area contributed by atoms with Crippen molar-refractivity contribution in [1.82, 2.24) is 0 Å². The Morgan fingerprint density at radius 3 is 2.00 bits per heavy atom. The third-order valence-corrected chi connectivity index (χ3v) is 2.68. The molecule has 18 heavy (non-hydrogen) atoms. The van der Waals surface area contributed by atoms with Gasteiger partial charge in [-0.1, -0.05) is 6.07 Å². The van der Waals surface area contributed by atoms with E-state index in [1.54, 1.807) is 0 Å². The van der Waals surface area contributed by atoms with Gasteiger partial charge in [0.05, 0.1) is 4.47 Å². The lowest BCUT2D eigenvalue weighted by Gasteiger charge is -2.26. The predicted octanol–water partition coefficient (Wildman–Crippen LogP) is 4.21. The summed E-state index contributed by atoms with van der Waals surface area (Å²) in [5.41, 5.74) is 4.35. The van der Waals surface area contributed by atoms with Crippen molar-refractivity contribution in [3.8, 4) is 0 Å². The van der Waals surface area contributed by atoms with Crippen molar-refractivity contribution in [3.63, 3.8) is 0 Å². The van der Waals surface area contributed by atoms with Crippen molar-refractivity contribution in [2.75, 3.05) is 0 Å². The highest BCUT2D eigenvalue weighted by atomic mass is 79.9. The van der Waals surface area contributed by atoms with Crippen molar-refractivity contribution < 1.29 is 26.3 Å². The fourth-order valence-corrected chi connectivity index (χ4v) is 1.49. The summed E-state index contributed by atoms with van der Waals surface area (Å²) in [5, 5.41) is 0. The number of nitrogens with two attached hydrogens (primary N) is 1. The lowest BCUT2D eigenvalue weighted by molar-refractivity contribution is -0.291. The molecule has 0 aliphatic rings. The summed E-state index contributed by atoms with van der Waals surface area (Å²) in [5.74, 6) is -5.86. The maximum Gasteiger partial charge on any atom is 0.455 e. The molecule has 0 saturated heterocycles. The fourth-order valence-electron chi connectivity index (χ4n) is 1.09. The average Bonchev–Trinajstić information content (AvgIpc) is 2.19. The second kappa shape index (κ2) is 5.66. The maximum absolute atomic E-state index is 12.9. The van der Waals surface area contributed by atoms with E-state index < -0.39 is 29.5 Å². The van der Waals surface area contributed by atoms with E-state index in [1.165, 1.54) is 0 Å². The van der Waals surface area contributed by atoms with E-state index in [0.717, 1.165) is 18.2 Å². The monoisotopic (exact) mass is 357 g/mol. The van der Waals surface area contributed by atoms with E-state index in [9.17, 15) is 26.3 Å². The van der Waals surface area contributed by atoms with Gasteiger partial charge >= 0.3 is 12.1 Å². The van der Waals surface area contributed by atoms with E-state index >= 15 is 0 Å². The molecule has 1 aromatic carbocycles. The summed E-state index contributed by atoms with van der Waals surface area (Å²) in [7, 11) is 0. The first-order valence-electron chi connectivity index (χ1n) is 4.22. The standard InChI is InChI=1S/C9H6BrF6N.ClH/c10-5-3-4(1-2-6(5)11)7(17)8(12,13)9(14,15)16;/h1-3,7H,17H2;1H/t7-;/m0./s1. The molecule has 2 N–H and O–H groups in total. The van der Waals surface area contributed by atoms with Crippen LogP contribution in [-0.4, -0.2) is 12.1 Å². The molecule has 0 bridgehead atoms. The van der Waals surface area contributed by atoms with Gasteiger partial charge in [0.25, 0.3) is 0 Å². The molecular formula is C9H7BrClF6N. The molecule has 0 saturated carbocycles. The number of halogens is 8. The van der Waals surface area contributed by atoms with E-state index in [-0.39, 0.29) is 16.9 Å². The smallest absolute Gasteiger partial charge is 0.319 e. The van der Waals surface area contributed by atoms with Gasteiger partial charge in [-0.25, -0.2) is 4.39 Å². The highest BCUT2D eigenvalue weighted by Crippen LogP contribution is 2.43. The highest BCUT2D eigenvalue weighted by Gasteiger charge is 2.61. The number of benzene rings is 1. The van der Waals surface area contributed by atoms with Crippen LogP contribution < -0.4 is 5.73 Å². The number of hydrogen-bond acceptors (Lipinski definition) is 1. The third kappa shape index (κ3) is 3.30. The number of hydrogen-bond donors (Lipinski definition) is 1. The molecule has 9 heteroatoms. The van der Waals surface area contributed by atoms with Gasteiger partial charge in [0.1, 0.15) is 11.9 Å². The Kier molecular flexibility index (Phi) is 5.52. The van der Waals surface area contributed by atoms with Gasteiger partial charge in [-0.05, 0) is 33.6 Å². The summed E-state index contributed by atoms with van der Waals surface area (Å²) in [6.45, 7) is 0. The molecule has 1 rings (SSSR count). The van der Waals surface area contributed by atoms with Crippen LogP contribution in [0.4, 0.5) is 26.3 Å². The number of rotatable bonds is 2. The van der Waals surface area contributed by atoms with Crippen LogP contribution in [-0.2, 0) is 0 Å². The summed E-state index contributed by atoms with van der Waals surface area (Å²) in [4.78, 5) is 0. The maximum atomic E-state index is 12.9. The zero-order valence-electron chi connectivity index (χ0n) is 8.44. The van der Waals surface area contributed by atoms with Crippen molar-refractivity contribution >= 4 is 28.3 Å². The molecule has 0 heterocycles. The Hall–Kier alpha value is -0.470. The molecule has 0 amide bonds. The fraction of sp³-hybridized carbons (Fsp3) is 0.333. The SMILES string of the molecule is Cl.N[C@@H](c1ccc(F)c(Br)c1)C(F)(F)C(F)(F)F. The minimum absolute atomic E-state index is 0. The topological polar surface area (TPSA) is 26.0 Å². The molecule has 104 valence electrons. The Morgan fingerprint density at radius 2 is 1.61 bits per heavy atom. The molecule has 0 spiro atoms. The van der Waals surface area contributed by atoms with Crippen molar-refractivity contribution in [2.45, 2.75) is 18.1 Å². The Balaban J connectivity index is 0.00000289. The van der Waals surface area contributed by atoms with Gasteiger partial charge in [-0.3, -0.25) is 0 Å². The van der Waals surface area contributed by atoms with Crippen LogP contribution in [0.2, 0.25) is 0 Å². The number of alkyl halides is 5. The molecule has 0 fully saturated rings. The Labute approximate surface area is 113 Å². The predicted molar refractivity (Wildman–Crippen MR) is 59.3 cm³/mol. The zero-order valence-corrected chi connectivity index (χ0v) is 10.8. The van der Waals surface area contributed by atoms with Crippen LogP contribution in [0.3, 0.4) is 0 Å². The summed E-state index contributed by atoms with van der Waals surface area (Å²) >= 11 is 2.67. The normalized spacial score (nSPS) is 14.0. The molecule has 1 atom stereocenters.